The van der Waals surface area contributed by atoms with Crippen molar-refractivity contribution < 1.29 is 9.53 Å². The summed E-state index contributed by atoms with van der Waals surface area (Å²) in [5.74, 6) is -0.0359. The number of fused-ring (bicyclic) bond motifs is 1. The van der Waals surface area contributed by atoms with Crippen molar-refractivity contribution in [2.45, 2.75) is 32.4 Å². The van der Waals surface area contributed by atoms with E-state index >= 15 is 0 Å². The lowest BCUT2D eigenvalue weighted by molar-refractivity contribution is -0.130. The summed E-state index contributed by atoms with van der Waals surface area (Å²) >= 11 is 0. The minimum absolute atomic E-state index is 0.0359. The number of imidazole rings is 1. The Morgan fingerprint density at radius 3 is 3.26 bits per heavy atom. The molecule has 0 unspecified atom stereocenters. The van der Waals surface area contributed by atoms with Crippen LogP contribution >= 0.6 is 0 Å². The van der Waals surface area contributed by atoms with Gasteiger partial charge in [0.15, 0.2) is 0 Å². The van der Waals surface area contributed by atoms with Gasteiger partial charge in [0.05, 0.1) is 12.2 Å². The molecule has 0 bridgehead atoms. The number of nitrogens with one attached hydrogen (secondary N) is 1. The molecule has 1 fully saturated rings. The molecule has 1 saturated heterocycles. The van der Waals surface area contributed by atoms with E-state index in [2.05, 4.69) is 10.3 Å². The van der Waals surface area contributed by atoms with Gasteiger partial charge in [0.1, 0.15) is 11.8 Å². The number of aromatic nitrogens is 2. The molecule has 2 aromatic rings. The summed E-state index contributed by atoms with van der Waals surface area (Å²) < 4.78 is 7.32. The second kappa shape index (κ2) is 5.01. The Morgan fingerprint density at radius 1 is 1.63 bits per heavy atom. The first-order chi connectivity index (χ1) is 9.24. The highest BCUT2D eigenvalue weighted by atomic mass is 16.5. The third-order valence-corrected chi connectivity index (χ3v) is 3.39. The standard InChI is InChI=1S/C14H17N3O2/c1-10-4-2-6-17-9-11(16-13(10)17)8-15-14(18)12-5-3-7-19-12/h2,4,6,9,12H,3,5,7-8H2,1H3,(H,15,18)/t12-/m1/s1. The number of carbonyl (C=O) groups excluding carboxylic acids is 1. The molecule has 1 atom stereocenters. The fraction of sp³-hybridized carbons (Fsp3) is 0.429. The summed E-state index contributed by atoms with van der Waals surface area (Å²) in [7, 11) is 0. The van der Waals surface area contributed by atoms with E-state index in [-0.39, 0.29) is 12.0 Å². The van der Waals surface area contributed by atoms with Crippen LogP contribution in [0.4, 0.5) is 0 Å². The number of hydrogen-bond acceptors (Lipinski definition) is 3. The van der Waals surface area contributed by atoms with Crippen LogP contribution in [0, 0.1) is 6.92 Å². The number of amides is 1. The first-order valence-corrected chi connectivity index (χ1v) is 6.56. The lowest BCUT2D eigenvalue weighted by Gasteiger charge is -2.08. The van der Waals surface area contributed by atoms with Gasteiger partial charge >= 0.3 is 0 Å². The molecule has 0 aromatic carbocycles. The summed E-state index contributed by atoms with van der Waals surface area (Å²) in [6.07, 6.45) is 5.40. The largest absolute Gasteiger partial charge is 0.368 e. The highest BCUT2D eigenvalue weighted by Gasteiger charge is 2.23. The van der Waals surface area contributed by atoms with Gasteiger partial charge in [-0.1, -0.05) is 6.07 Å². The highest BCUT2D eigenvalue weighted by molar-refractivity contribution is 5.80. The number of carbonyl (C=O) groups is 1. The summed E-state index contributed by atoms with van der Waals surface area (Å²) in [5.41, 5.74) is 2.92. The Balaban J connectivity index is 1.68. The molecule has 0 spiro atoms. The van der Waals surface area contributed by atoms with Gasteiger partial charge in [-0.15, -0.1) is 0 Å². The summed E-state index contributed by atoms with van der Waals surface area (Å²) in [6.45, 7) is 3.16. The van der Waals surface area contributed by atoms with Gasteiger partial charge in [-0.2, -0.15) is 0 Å². The normalized spacial score (nSPS) is 18.9. The molecular weight excluding hydrogens is 242 g/mol. The summed E-state index contributed by atoms with van der Waals surface area (Å²) in [4.78, 5) is 16.3. The first-order valence-electron chi connectivity index (χ1n) is 6.56. The van der Waals surface area contributed by atoms with Crippen molar-refractivity contribution in [1.82, 2.24) is 14.7 Å². The molecule has 0 saturated carbocycles. The fourth-order valence-electron chi connectivity index (χ4n) is 2.37. The number of pyridine rings is 1. The molecule has 1 aliphatic rings. The van der Waals surface area contributed by atoms with Gasteiger partial charge in [-0.3, -0.25) is 4.79 Å². The maximum Gasteiger partial charge on any atom is 0.249 e. The predicted octanol–water partition coefficient (Wildman–Crippen LogP) is 1.44. The van der Waals surface area contributed by atoms with Crippen LogP contribution in [-0.2, 0) is 16.1 Å². The molecule has 5 nitrogen and oxygen atoms in total. The highest BCUT2D eigenvalue weighted by Crippen LogP contribution is 2.13. The smallest absolute Gasteiger partial charge is 0.249 e. The SMILES string of the molecule is Cc1cccn2cc(CNC(=O)[C@H]3CCCO3)nc12. The Kier molecular flexibility index (Phi) is 3.21. The Labute approximate surface area is 111 Å². The quantitative estimate of drug-likeness (QED) is 0.907. The van der Waals surface area contributed by atoms with Crippen LogP contribution in [0.25, 0.3) is 5.65 Å². The Morgan fingerprint density at radius 2 is 2.53 bits per heavy atom. The molecule has 3 rings (SSSR count). The predicted molar refractivity (Wildman–Crippen MR) is 70.7 cm³/mol. The van der Waals surface area contributed by atoms with Crippen molar-refractivity contribution in [3.05, 3.63) is 35.8 Å². The van der Waals surface area contributed by atoms with E-state index in [0.717, 1.165) is 29.7 Å². The topological polar surface area (TPSA) is 55.6 Å². The zero-order chi connectivity index (χ0) is 13.2. The van der Waals surface area contributed by atoms with Crippen LogP contribution in [0.5, 0.6) is 0 Å². The number of aryl methyl sites for hydroxylation is 1. The third kappa shape index (κ3) is 2.46. The zero-order valence-corrected chi connectivity index (χ0v) is 10.9. The average molecular weight is 259 g/mol. The van der Waals surface area contributed by atoms with Crippen molar-refractivity contribution >= 4 is 11.6 Å². The number of rotatable bonds is 3. The molecule has 1 amide bonds. The molecular formula is C14H17N3O2. The van der Waals surface area contributed by atoms with Gasteiger partial charge < -0.3 is 14.5 Å². The summed E-state index contributed by atoms with van der Waals surface area (Å²) in [5, 5.41) is 2.88. The van der Waals surface area contributed by atoms with E-state index in [1.807, 2.05) is 35.9 Å². The minimum atomic E-state index is -0.279. The zero-order valence-electron chi connectivity index (χ0n) is 10.9. The van der Waals surface area contributed by atoms with E-state index in [1.54, 1.807) is 0 Å². The van der Waals surface area contributed by atoms with Crippen molar-refractivity contribution in [3.8, 4) is 0 Å². The first kappa shape index (κ1) is 12.2. The van der Waals surface area contributed by atoms with Crippen LogP contribution in [0.3, 0.4) is 0 Å². The van der Waals surface area contributed by atoms with E-state index < -0.39 is 0 Å². The summed E-state index contributed by atoms with van der Waals surface area (Å²) in [6, 6.07) is 4.01. The van der Waals surface area contributed by atoms with Crippen molar-refractivity contribution in [2.75, 3.05) is 6.61 Å². The maximum atomic E-state index is 11.8. The van der Waals surface area contributed by atoms with E-state index in [4.69, 9.17) is 4.74 Å². The molecule has 1 N–H and O–H groups in total. The number of hydrogen-bond donors (Lipinski definition) is 1. The average Bonchev–Trinajstić information content (AvgIpc) is 3.05. The van der Waals surface area contributed by atoms with Gasteiger partial charge in [0, 0.05) is 19.0 Å². The molecule has 5 heteroatoms. The molecule has 0 radical (unpaired) electrons. The van der Waals surface area contributed by atoms with Gasteiger partial charge in [0.2, 0.25) is 5.91 Å². The maximum absolute atomic E-state index is 11.8. The molecule has 2 aromatic heterocycles. The Bertz CT molecular complexity index is 600. The van der Waals surface area contributed by atoms with Crippen LogP contribution in [0.2, 0.25) is 0 Å². The molecule has 3 heterocycles. The van der Waals surface area contributed by atoms with Gasteiger partial charge in [0.25, 0.3) is 0 Å². The minimum Gasteiger partial charge on any atom is -0.368 e. The van der Waals surface area contributed by atoms with E-state index in [1.165, 1.54) is 0 Å². The second-order valence-corrected chi connectivity index (χ2v) is 4.87. The van der Waals surface area contributed by atoms with Crippen molar-refractivity contribution in [2.24, 2.45) is 0 Å². The fourth-order valence-corrected chi connectivity index (χ4v) is 2.37. The molecule has 1 aliphatic heterocycles. The monoisotopic (exact) mass is 259 g/mol. The number of nitrogens with zero attached hydrogens (tertiary/aromatic N) is 2. The van der Waals surface area contributed by atoms with E-state index in [0.29, 0.717) is 13.2 Å². The van der Waals surface area contributed by atoms with Crippen molar-refractivity contribution in [3.63, 3.8) is 0 Å². The van der Waals surface area contributed by atoms with Crippen LogP contribution in [0.1, 0.15) is 24.1 Å². The third-order valence-electron chi connectivity index (χ3n) is 3.39. The van der Waals surface area contributed by atoms with Crippen molar-refractivity contribution in [1.29, 1.82) is 0 Å². The Hall–Kier alpha value is -1.88. The lowest BCUT2D eigenvalue weighted by atomic mass is 10.2. The van der Waals surface area contributed by atoms with Gasteiger partial charge in [-0.05, 0) is 31.4 Å². The van der Waals surface area contributed by atoms with Crippen LogP contribution in [0.15, 0.2) is 24.5 Å². The van der Waals surface area contributed by atoms with E-state index in [9.17, 15) is 4.79 Å². The number of ether oxygens (including phenoxy) is 1. The molecule has 100 valence electrons. The van der Waals surface area contributed by atoms with Gasteiger partial charge in [-0.25, -0.2) is 4.98 Å². The lowest BCUT2D eigenvalue weighted by Crippen LogP contribution is -2.33. The molecule has 19 heavy (non-hydrogen) atoms. The van der Waals surface area contributed by atoms with Crippen LogP contribution < -0.4 is 5.32 Å². The van der Waals surface area contributed by atoms with Crippen LogP contribution in [-0.4, -0.2) is 28.0 Å². The molecule has 0 aliphatic carbocycles. The second-order valence-electron chi connectivity index (χ2n) is 4.87.